The Kier molecular flexibility index (Phi) is 7.36. The van der Waals surface area contributed by atoms with Crippen molar-refractivity contribution in [2.45, 2.75) is 27.2 Å². The maximum Gasteiger partial charge on any atom is 0.146 e. The second kappa shape index (κ2) is 10.2. The van der Waals surface area contributed by atoms with Crippen molar-refractivity contribution in [1.29, 1.82) is 0 Å². The molecule has 0 saturated heterocycles. The summed E-state index contributed by atoms with van der Waals surface area (Å²) in [5, 5.41) is 8.11. The normalized spacial score (nSPS) is 18.7. The highest BCUT2D eigenvalue weighted by Crippen LogP contribution is 2.33. The van der Waals surface area contributed by atoms with Gasteiger partial charge in [0.05, 0.1) is 5.69 Å². The summed E-state index contributed by atoms with van der Waals surface area (Å²) < 4.78 is 0. The fourth-order valence-electron chi connectivity index (χ4n) is 3.97. The molecule has 0 bridgehead atoms. The van der Waals surface area contributed by atoms with Crippen LogP contribution in [0.25, 0.3) is 12.2 Å². The summed E-state index contributed by atoms with van der Waals surface area (Å²) in [4.78, 5) is 2.40. The van der Waals surface area contributed by atoms with Gasteiger partial charge >= 0.3 is 0 Å². The van der Waals surface area contributed by atoms with E-state index in [0.29, 0.717) is 11.7 Å². The number of nitrogen functional groups attached to an aromatic ring is 1. The number of aromatic nitrogens is 2. The molecule has 1 atom stereocenters. The molecule has 1 aliphatic heterocycles. The first kappa shape index (κ1) is 21.7. The van der Waals surface area contributed by atoms with E-state index < -0.39 is 0 Å². The van der Waals surface area contributed by atoms with Crippen molar-refractivity contribution >= 4 is 18.0 Å². The Morgan fingerprint density at radius 2 is 1.93 bits per heavy atom. The van der Waals surface area contributed by atoms with Crippen molar-refractivity contribution in [2.24, 2.45) is 5.92 Å². The lowest BCUT2D eigenvalue weighted by molar-refractivity contribution is 0.315. The van der Waals surface area contributed by atoms with Crippen molar-refractivity contribution in [2.75, 3.05) is 25.9 Å². The Bertz CT molecular complexity index is 980. The standard InChI is InChI=1S/C26H32N4/c1-5-9-24-22(12-13-23-14-15-26(27)29-28-23)17-30(4)18-25(24)20(6-2)16-21-11-8-7-10-19(21)3/h5,7-16,25H,6,17-18H2,1-4H3,(H2,27,29)/b9-5-,13-12+,20-16+. The van der Waals surface area contributed by atoms with E-state index in [0.717, 1.165) is 25.2 Å². The summed E-state index contributed by atoms with van der Waals surface area (Å²) in [5.41, 5.74) is 13.2. The number of rotatable bonds is 6. The third-order valence-corrected chi connectivity index (χ3v) is 5.57. The van der Waals surface area contributed by atoms with Gasteiger partial charge in [-0.3, -0.25) is 0 Å². The number of anilines is 1. The molecule has 156 valence electrons. The van der Waals surface area contributed by atoms with Crippen LogP contribution in [0.2, 0.25) is 0 Å². The second-order valence-corrected chi connectivity index (χ2v) is 7.88. The number of aryl methyl sites for hydroxylation is 1. The SMILES string of the molecule is C/C=C\C1=C(/C=C/c2ccc(N)nn2)CN(C)CC1/C(=C/c1ccccc1C)CC. The van der Waals surface area contributed by atoms with Gasteiger partial charge in [-0.05, 0) is 67.8 Å². The average molecular weight is 401 g/mol. The quantitative estimate of drug-likeness (QED) is 0.714. The summed E-state index contributed by atoms with van der Waals surface area (Å²) in [6.45, 7) is 8.45. The van der Waals surface area contributed by atoms with Crippen LogP contribution in [0.3, 0.4) is 0 Å². The van der Waals surface area contributed by atoms with E-state index in [4.69, 9.17) is 5.73 Å². The minimum atomic E-state index is 0.363. The zero-order valence-electron chi connectivity index (χ0n) is 18.5. The molecule has 30 heavy (non-hydrogen) atoms. The molecule has 2 aromatic rings. The molecule has 0 aliphatic carbocycles. The van der Waals surface area contributed by atoms with E-state index in [1.54, 1.807) is 6.07 Å². The second-order valence-electron chi connectivity index (χ2n) is 7.88. The third kappa shape index (κ3) is 5.33. The fourth-order valence-corrected chi connectivity index (χ4v) is 3.97. The van der Waals surface area contributed by atoms with Crippen LogP contribution in [0.15, 0.2) is 71.3 Å². The first-order valence-electron chi connectivity index (χ1n) is 10.6. The lowest BCUT2D eigenvalue weighted by Crippen LogP contribution is -2.34. The number of nitrogens with two attached hydrogens (primary N) is 1. The van der Waals surface area contributed by atoms with Gasteiger partial charge in [-0.1, -0.05) is 61.1 Å². The van der Waals surface area contributed by atoms with Crippen molar-refractivity contribution in [3.8, 4) is 0 Å². The number of hydrogen-bond donors (Lipinski definition) is 1. The topological polar surface area (TPSA) is 55.0 Å². The molecule has 0 saturated carbocycles. The molecular formula is C26H32N4. The summed E-state index contributed by atoms with van der Waals surface area (Å²) in [6.07, 6.45) is 12.0. The molecule has 0 radical (unpaired) electrons. The third-order valence-electron chi connectivity index (χ3n) is 5.57. The van der Waals surface area contributed by atoms with Gasteiger partial charge < -0.3 is 10.6 Å². The van der Waals surface area contributed by atoms with Crippen LogP contribution in [0.4, 0.5) is 5.82 Å². The van der Waals surface area contributed by atoms with Gasteiger partial charge in [0.2, 0.25) is 0 Å². The Morgan fingerprint density at radius 1 is 1.13 bits per heavy atom. The summed E-state index contributed by atoms with van der Waals surface area (Å²) >= 11 is 0. The van der Waals surface area contributed by atoms with E-state index in [1.807, 2.05) is 12.1 Å². The maximum absolute atomic E-state index is 5.66. The summed E-state index contributed by atoms with van der Waals surface area (Å²) in [7, 11) is 2.19. The zero-order chi connectivity index (χ0) is 21.5. The van der Waals surface area contributed by atoms with Gasteiger partial charge in [-0.2, -0.15) is 0 Å². The molecule has 1 aromatic carbocycles. The zero-order valence-corrected chi connectivity index (χ0v) is 18.5. The van der Waals surface area contributed by atoms with Crippen molar-refractivity contribution in [1.82, 2.24) is 15.1 Å². The monoisotopic (exact) mass is 400 g/mol. The van der Waals surface area contributed by atoms with Crippen LogP contribution in [-0.2, 0) is 0 Å². The molecular weight excluding hydrogens is 368 g/mol. The molecule has 0 spiro atoms. The molecule has 4 heteroatoms. The predicted octanol–water partition coefficient (Wildman–Crippen LogP) is 5.31. The van der Waals surface area contributed by atoms with Crippen LogP contribution in [0, 0.1) is 12.8 Å². The number of nitrogens with zero attached hydrogens (tertiary/aromatic N) is 3. The van der Waals surface area contributed by atoms with E-state index >= 15 is 0 Å². The summed E-state index contributed by atoms with van der Waals surface area (Å²) in [6, 6.07) is 12.3. The highest BCUT2D eigenvalue weighted by Gasteiger charge is 2.25. The van der Waals surface area contributed by atoms with Crippen molar-refractivity contribution < 1.29 is 0 Å². The lowest BCUT2D eigenvalue weighted by atomic mass is 9.81. The molecule has 2 heterocycles. The van der Waals surface area contributed by atoms with Gasteiger partial charge in [0.15, 0.2) is 0 Å². The van der Waals surface area contributed by atoms with Crippen LogP contribution in [0.1, 0.15) is 37.1 Å². The first-order valence-corrected chi connectivity index (χ1v) is 10.6. The number of allylic oxidation sites excluding steroid dienone is 2. The van der Waals surface area contributed by atoms with Crippen molar-refractivity contribution in [3.63, 3.8) is 0 Å². The van der Waals surface area contributed by atoms with Crippen LogP contribution < -0.4 is 5.73 Å². The predicted molar refractivity (Wildman–Crippen MR) is 128 cm³/mol. The number of hydrogen-bond acceptors (Lipinski definition) is 4. The highest BCUT2D eigenvalue weighted by molar-refractivity contribution is 5.60. The van der Waals surface area contributed by atoms with Gasteiger partial charge in [0, 0.05) is 19.0 Å². The number of likely N-dealkylation sites (N-methyl/N-ethyl adjacent to an activating group) is 1. The van der Waals surface area contributed by atoms with Crippen LogP contribution in [0.5, 0.6) is 0 Å². The minimum absolute atomic E-state index is 0.363. The molecule has 0 fully saturated rings. The van der Waals surface area contributed by atoms with Gasteiger partial charge in [0.1, 0.15) is 5.82 Å². The van der Waals surface area contributed by atoms with Crippen LogP contribution >= 0.6 is 0 Å². The van der Waals surface area contributed by atoms with Gasteiger partial charge in [-0.15, -0.1) is 10.2 Å². The van der Waals surface area contributed by atoms with Gasteiger partial charge in [0.25, 0.3) is 0 Å². The Balaban J connectivity index is 2.02. The molecule has 4 nitrogen and oxygen atoms in total. The Morgan fingerprint density at radius 3 is 2.60 bits per heavy atom. The lowest BCUT2D eigenvalue weighted by Gasteiger charge is -2.34. The maximum atomic E-state index is 5.66. The van der Waals surface area contributed by atoms with E-state index in [1.165, 1.54) is 27.8 Å². The molecule has 2 N–H and O–H groups in total. The fraction of sp³-hybridized carbons (Fsp3) is 0.308. The minimum Gasteiger partial charge on any atom is -0.382 e. The van der Waals surface area contributed by atoms with Gasteiger partial charge in [-0.25, -0.2) is 0 Å². The smallest absolute Gasteiger partial charge is 0.146 e. The first-order chi connectivity index (χ1) is 14.5. The number of benzene rings is 1. The molecule has 3 rings (SSSR count). The van der Waals surface area contributed by atoms with E-state index in [2.05, 4.69) is 91.5 Å². The average Bonchev–Trinajstić information content (AvgIpc) is 2.74. The molecule has 1 aliphatic rings. The Hall–Kier alpha value is -2.98. The van der Waals surface area contributed by atoms with Crippen LogP contribution in [-0.4, -0.2) is 35.2 Å². The molecule has 1 aromatic heterocycles. The Labute approximate surface area is 180 Å². The summed E-state index contributed by atoms with van der Waals surface area (Å²) in [5.74, 6) is 0.800. The largest absolute Gasteiger partial charge is 0.382 e. The molecule has 1 unspecified atom stereocenters. The van der Waals surface area contributed by atoms with Crippen molar-refractivity contribution in [3.05, 3.63) is 88.2 Å². The van der Waals surface area contributed by atoms with E-state index in [9.17, 15) is 0 Å². The highest BCUT2D eigenvalue weighted by atomic mass is 15.1. The van der Waals surface area contributed by atoms with E-state index in [-0.39, 0.29) is 0 Å². The molecule has 0 amide bonds.